The van der Waals surface area contributed by atoms with Gasteiger partial charge in [-0.3, -0.25) is 4.72 Å². The van der Waals surface area contributed by atoms with Crippen molar-refractivity contribution in [1.82, 2.24) is 0 Å². The Labute approximate surface area is 133 Å². The van der Waals surface area contributed by atoms with Gasteiger partial charge < -0.3 is 4.74 Å². The SMILES string of the molecule is COC(=O)c1sccc1S(=O)(=O)Nc1ccccc1C(F)(F)F. The molecule has 1 aromatic heterocycles. The van der Waals surface area contributed by atoms with Crippen molar-refractivity contribution in [3.8, 4) is 0 Å². The Morgan fingerprint density at radius 1 is 1.22 bits per heavy atom. The molecule has 0 unspecified atom stereocenters. The molecule has 0 aliphatic rings. The Bertz CT molecular complexity index is 828. The number of carbonyl (C=O) groups is 1. The lowest BCUT2D eigenvalue weighted by atomic mass is 10.2. The van der Waals surface area contributed by atoms with E-state index >= 15 is 0 Å². The number of para-hydroxylation sites is 1. The number of hydrogen-bond donors (Lipinski definition) is 1. The van der Waals surface area contributed by atoms with Gasteiger partial charge in [-0.1, -0.05) is 12.1 Å². The quantitative estimate of drug-likeness (QED) is 0.844. The molecular formula is C13H10F3NO4S2. The molecule has 0 saturated heterocycles. The van der Waals surface area contributed by atoms with E-state index in [2.05, 4.69) is 4.74 Å². The summed E-state index contributed by atoms with van der Waals surface area (Å²) in [5, 5.41) is 1.33. The van der Waals surface area contributed by atoms with E-state index in [9.17, 15) is 26.4 Å². The maximum atomic E-state index is 12.9. The molecular weight excluding hydrogens is 355 g/mol. The number of thiophene rings is 1. The summed E-state index contributed by atoms with van der Waals surface area (Å²) in [5.74, 6) is -0.885. The number of ether oxygens (including phenoxy) is 1. The van der Waals surface area contributed by atoms with Crippen LogP contribution in [0.25, 0.3) is 0 Å². The highest BCUT2D eigenvalue weighted by atomic mass is 32.2. The van der Waals surface area contributed by atoms with Crippen LogP contribution in [0.4, 0.5) is 18.9 Å². The van der Waals surface area contributed by atoms with Gasteiger partial charge in [0, 0.05) is 0 Å². The normalized spacial score (nSPS) is 12.0. The van der Waals surface area contributed by atoms with Gasteiger partial charge in [-0.25, -0.2) is 13.2 Å². The first kappa shape index (κ1) is 17.3. The van der Waals surface area contributed by atoms with Crippen LogP contribution in [0.5, 0.6) is 0 Å². The molecule has 2 aromatic rings. The third-order valence-corrected chi connectivity index (χ3v) is 5.20. The number of alkyl halides is 3. The second-order valence-electron chi connectivity index (χ2n) is 4.25. The number of anilines is 1. The maximum Gasteiger partial charge on any atom is 0.418 e. The van der Waals surface area contributed by atoms with Crippen molar-refractivity contribution in [2.75, 3.05) is 11.8 Å². The average molecular weight is 365 g/mol. The fraction of sp³-hybridized carbons (Fsp3) is 0.154. The smallest absolute Gasteiger partial charge is 0.418 e. The zero-order chi connectivity index (χ0) is 17.3. The monoisotopic (exact) mass is 365 g/mol. The Kier molecular flexibility index (Phi) is 4.66. The molecule has 0 bridgehead atoms. The van der Waals surface area contributed by atoms with E-state index in [0.717, 1.165) is 42.7 Å². The molecule has 0 aliphatic heterocycles. The molecule has 0 fully saturated rings. The number of esters is 1. The number of nitrogens with one attached hydrogen (secondary N) is 1. The fourth-order valence-electron chi connectivity index (χ4n) is 1.77. The van der Waals surface area contributed by atoms with E-state index < -0.39 is 38.3 Å². The Balaban J connectivity index is 2.45. The van der Waals surface area contributed by atoms with Gasteiger partial charge in [0.2, 0.25) is 0 Å². The second-order valence-corrected chi connectivity index (χ2v) is 6.82. The van der Waals surface area contributed by atoms with Crippen molar-refractivity contribution in [1.29, 1.82) is 0 Å². The summed E-state index contributed by atoms with van der Waals surface area (Å²) in [6.45, 7) is 0. The molecule has 0 aliphatic carbocycles. The molecule has 5 nitrogen and oxygen atoms in total. The maximum absolute atomic E-state index is 12.9. The van der Waals surface area contributed by atoms with Gasteiger partial charge in [0.25, 0.3) is 10.0 Å². The highest BCUT2D eigenvalue weighted by Gasteiger charge is 2.35. The Hall–Kier alpha value is -2.07. The first-order valence-corrected chi connectivity index (χ1v) is 8.38. The van der Waals surface area contributed by atoms with Crippen LogP contribution in [-0.2, 0) is 20.9 Å². The summed E-state index contributed by atoms with van der Waals surface area (Å²) < 4.78 is 69.7. The third kappa shape index (κ3) is 3.64. The minimum absolute atomic E-state index is 0.218. The Morgan fingerprint density at radius 2 is 1.87 bits per heavy atom. The molecule has 23 heavy (non-hydrogen) atoms. The van der Waals surface area contributed by atoms with Crippen LogP contribution < -0.4 is 4.72 Å². The first-order valence-electron chi connectivity index (χ1n) is 6.01. The van der Waals surface area contributed by atoms with Gasteiger partial charge >= 0.3 is 12.1 Å². The molecule has 124 valence electrons. The lowest BCUT2D eigenvalue weighted by Gasteiger charge is -2.14. The topological polar surface area (TPSA) is 72.5 Å². The Morgan fingerprint density at radius 3 is 2.48 bits per heavy atom. The summed E-state index contributed by atoms with van der Waals surface area (Å²) >= 11 is 0.813. The van der Waals surface area contributed by atoms with Gasteiger partial charge in [-0.15, -0.1) is 11.3 Å². The molecule has 1 aromatic carbocycles. The molecule has 10 heteroatoms. The summed E-state index contributed by atoms with van der Waals surface area (Å²) in [4.78, 5) is 10.9. The number of carbonyl (C=O) groups excluding carboxylic acids is 1. The molecule has 0 atom stereocenters. The van der Waals surface area contributed by atoms with Gasteiger partial charge in [0.05, 0.1) is 18.4 Å². The van der Waals surface area contributed by atoms with E-state index in [0.29, 0.717) is 0 Å². The zero-order valence-corrected chi connectivity index (χ0v) is 13.2. The van der Waals surface area contributed by atoms with E-state index in [1.54, 1.807) is 0 Å². The summed E-state index contributed by atoms with van der Waals surface area (Å²) in [6, 6.07) is 5.28. The predicted octanol–water partition coefficient (Wildman–Crippen LogP) is 3.35. The summed E-state index contributed by atoms with van der Waals surface area (Å²) in [5.41, 5.74) is -1.75. The molecule has 0 spiro atoms. The van der Waals surface area contributed by atoms with Crippen molar-refractivity contribution >= 4 is 33.0 Å². The van der Waals surface area contributed by atoms with E-state index in [1.807, 2.05) is 4.72 Å². The van der Waals surface area contributed by atoms with Gasteiger partial charge in [-0.05, 0) is 23.6 Å². The number of hydrogen-bond acceptors (Lipinski definition) is 5. The van der Waals surface area contributed by atoms with Crippen LogP contribution in [0.15, 0.2) is 40.6 Å². The van der Waals surface area contributed by atoms with Gasteiger partial charge in [0.1, 0.15) is 9.77 Å². The van der Waals surface area contributed by atoms with Crippen LogP contribution >= 0.6 is 11.3 Å². The molecule has 1 N–H and O–H groups in total. The molecule has 0 amide bonds. The zero-order valence-electron chi connectivity index (χ0n) is 11.5. The van der Waals surface area contributed by atoms with Crippen LogP contribution in [0.3, 0.4) is 0 Å². The number of benzene rings is 1. The van der Waals surface area contributed by atoms with E-state index in [1.165, 1.54) is 11.4 Å². The standard InChI is InChI=1S/C13H10F3NO4S2/c1-21-12(18)11-10(6-7-22-11)23(19,20)17-9-5-3-2-4-8(9)13(14,15)16/h2-7,17H,1H3. The highest BCUT2D eigenvalue weighted by molar-refractivity contribution is 7.93. The summed E-state index contributed by atoms with van der Waals surface area (Å²) in [7, 11) is -3.30. The molecule has 0 radical (unpaired) electrons. The lowest BCUT2D eigenvalue weighted by Crippen LogP contribution is -2.18. The second kappa shape index (κ2) is 6.20. The minimum Gasteiger partial charge on any atom is -0.465 e. The predicted molar refractivity (Wildman–Crippen MR) is 77.9 cm³/mol. The van der Waals surface area contributed by atoms with Crippen molar-refractivity contribution in [2.24, 2.45) is 0 Å². The van der Waals surface area contributed by atoms with E-state index in [4.69, 9.17) is 0 Å². The van der Waals surface area contributed by atoms with Crippen molar-refractivity contribution < 1.29 is 31.1 Å². The van der Waals surface area contributed by atoms with Crippen molar-refractivity contribution in [2.45, 2.75) is 11.1 Å². The van der Waals surface area contributed by atoms with Crippen LogP contribution in [0.1, 0.15) is 15.2 Å². The van der Waals surface area contributed by atoms with Crippen molar-refractivity contribution in [3.05, 3.63) is 46.2 Å². The van der Waals surface area contributed by atoms with Gasteiger partial charge in [0.15, 0.2) is 0 Å². The minimum atomic E-state index is -4.72. The molecule has 0 saturated carbocycles. The summed E-state index contributed by atoms with van der Waals surface area (Å²) in [6.07, 6.45) is -4.72. The van der Waals surface area contributed by atoms with Crippen LogP contribution in [-0.4, -0.2) is 21.5 Å². The number of halogens is 3. The van der Waals surface area contributed by atoms with Crippen LogP contribution in [0, 0.1) is 0 Å². The highest BCUT2D eigenvalue weighted by Crippen LogP contribution is 2.36. The van der Waals surface area contributed by atoms with Crippen LogP contribution in [0.2, 0.25) is 0 Å². The fourth-order valence-corrected chi connectivity index (χ4v) is 4.19. The van der Waals surface area contributed by atoms with E-state index in [-0.39, 0.29) is 4.88 Å². The number of rotatable bonds is 4. The average Bonchev–Trinajstić information content (AvgIpc) is 2.96. The van der Waals surface area contributed by atoms with Crippen molar-refractivity contribution in [3.63, 3.8) is 0 Å². The largest absolute Gasteiger partial charge is 0.465 e. The third-order valence-electron chi connectivity index (χ3n) is 2.77. The number of sulfonamides is 1. The number of methoxy groups -OCH3 is 1. The lowest BCUT2D eigenvalue weighted by molar-refractivity contribution is -0.136. The van der Waals surface area contributed by atoms with Gasteiger partial charge in [-0.2, -0.15) is 13.2 Å². The molecule has 2 rings (SSSR count). The first-order chi connectivity index (χ1) is 10.7. The molecule has 1 heterocycles.